The van der Waals surface area contributed by atoms with Gasteiger partial charge >= 0.3 is 11.9 Å². The topological polar surface area (TPSA) is 111 Å². The maximum atomic E-state index is 13.0. The Morgan fingerprint density at radius 3 is 0.869 bits per heavy atom. The molecular weight excluding hydrogens is 1220 g/mol. The minimum atomic E-state index is -1.64. The van der Waals surface area contributed by atoms with E-state index in [-0.39, 0.29) is 38.6 Å². The third-order valence-electron chi connectivity index (χ3n) is 17.3. The van der Waals surface area contributed by atoms with Crippen LogP contribution >= 0.6 is 0 Å². The first-order valence-corrected chi connectivity index (χ1v) is 40.6. The number of aliphatic carboxylic acids is 1. The smallest absolute Gasteiger partial charge is 0.306 e. The molecule has 9 heteroatoms. The number of rotatable bonds is 74. The molecule has 0 radical (unpaired) electrons. The van der Waals surface area contributed by atoms with Gasteiger partial charge in [0.05, 0.1) is 40.3 Å². The molecule has 0 aromatic carbocycles. The molecule has 0 rings (SSSR count). The minimum Gasteiger partial charge on any atom is -0.545 e. The van der Waals surface area contributed by atoms with Crippen molar-refractivity contribution >= 4 is 17.9 Å². The van der Waals surface area contributed by atoms with Crippen molar-refractivity contribution in [3.8, 4) is 0 Å². The lowest BCUT2D eigenvalue weighted by atomic mass is 10.0. The van der Waals surface area contributed by atoms with Gasteiger partial charge in [-0.15, -0.1) is 0 Å². The molecule has 9 nitrogen and oxygen atoms in total. The normalized spacial score (nSPS) is 13.5. The van der Waals surface area contributed by atoms with Crippen molar-refractivity contribution in [1.82, 2.24) is 0 Å². The maximum Gasteiger partial charge on any atom is 0.306 e. The van der Waals surface area contributed by atoms with E-state index in [2.05, 4.69) is 172 Å². The number of ether oxygens (including phenoxy) is 4. The van der Waals surface area contributed by atoms with Crippen LogP contribution in [0, 0.1) is 0 Å². The van der Waals surface area contributed by atoms with Gasteiger partial charge in [0.1, 0.15) is 13.2 Å². The van der Waals surface area contributed by atoms with Crippen molar-refractivity contribution in [1.29, 1.82) is 0 Å². The Hall–Kier alpha value is -5.09. The number of unbranched alkanes of at least 4 members (excludes halogenated alkanes) is 33. The number of nitrogens with zero attached hydrogens (tertiary/aromatic N) is 1. The van der Waals surface area contributed by atoms with Crippen LogP contribution in [0.5, 0.6) is 0 Å². The Labute approximate surface area is 610 Å². The largest absolute Gasteiger partial charge is 0.545 e. The van der Waals surface area contributed by atoms with Crippen LogP contribution in [0.25, 0.3) is 0 Å². The predicted octanol–water partition coefficient (Wildman–Crippen LogP) is 25.0. The van der Waals surface area contributed by atoms with Crippen molar-refractivity contribution in [2.45, 2.75) is 347 Å². The van der Waals surface area contributed by atoms with Crippen LogP contribution in [-0.4, -0.2) is 82.3 Å². The van der Waals surface area contributed by atoms with E-state index in [1.54, 1.807) is 0 Å². The van der Waals surface area contributed by atoms with Gasteiger partial charge in [-0.05, 0) is 128 Å². The summed E-state index contributed by atoms with van der Waals surface area (Å²) in [5, 5.41) is 11.9. The fourth-order valence-corrected chi connectivity index (χ4v) is 11.1. The van der Waals surface area contributed by atoms with Gasteiger partial charge in [-0.1, -0.05) is 352 Å². The van der Waals surface area contributed by atoms with Gasteiger partial charge in [0.2, 0.25) is 0 Å². The lowest BCUT2D eigenvalue weighted by Crippen LogP contribution is -2.44. The highest BCUT2D eigenvalue weighted by atomic mass is 16.7. The lowest BCUT2D eigenvalue weighted by molar-refractivity contribution is -0.870. The fraction of sp³-hybridized carbons (Fsp3) is 0.678. The van der Waals surface area contributed by atoms with Gasteiger partial charge in [-0.25, -0.2) is 0 Å². The van der Waals surface area contributed by atoms with Crippen LogP contribution in [0.2, 0.25) is 0 Å². The Kier molecular flexibility index (Phi) is 74.6. The zero-order chi connectivity index (χ0) is 71.8. The van der Waals surface area contributed by atoms with E-state index in [1.165, 1.54) is 180 Å². The number of carboxylic acids is 1. The van der Waals surface area contributed by atoms with Crippen molar-refractivity contribution in [3.05, 3.63) is 158 Å². The molecule has 0 aliphatic rings. The summed E-state index contributed by atoms with van der Waals surface area (Å²) < 4.78 is 22.8. The second-order valence-electron chi connectivity index (χ2n) is 28.0. The van der Waals surface area contributed by atoms with E-state index in [9.17, 15) is 19.5 Å². The van der Waals surface area contributed by atoms with Crippen LogP contribution in [-0.2, 0) is 33.3 Å². The molecule has 2 unspecified atom stereocenters. The number of hydrogen-bond acceptors (Lipinski definition) is 8. The fourth-order valence-electron chi connectivity index (χ4n) is 11.1. The SMILES string of the molecule is CC/C=C\C/C=C\C/C=C\C/C=C\C/C=C\C/C=C\C/C=C\C/C=C\C/C=C\C/C=C\C/C=C\C/C=C\CCCCCCC(=O)OC(COC(=O)CCCCCCCCCCCCCCCCCCCCCCC/C=C\CCCCCCCCCC)COC(OCC[N+](C)(C)C)C(=O)[O-]. The molecule has 2 atom stereocenters. The van der Waals surface area contributed by atoms with E-state index >= 15 is 0 Å². The maximum absolute atomic E-state index is 13.0. The lowest BCUT2D eigenvalue weighted by Gasteiger charge is -2.26. The summed E-state index contributed by atoms with van der Waals surface area (Å²) in [7, 11) is 5.92. The Balaban J connectivity index is 4.14. The number of hydrogen-bond donors (Lipinski definition) is 0. The minimum absolute atomic E-state index is 0.136. The second kappa shape index (κ2) is 78.6. The number of carboxylic acid groups (broad SMARTS) is 1. The first kappa shape index (κ1) is 93.9. The number of carbonyl (C=O) groups excluding carboxylic acids is 3. The molecule has 0 N–H and O–H groups in total. The summed E-state index contributed by atoms with van der Waals surface area (Å²) in [6.45, 7) is 4.62. The molecule has 0 aromatic heterocycles. The van der Waals surface area contributed by atoms with E-state index < -0.39 is 24.3 Å². The van der Waals surface area contributed by atoms with Crippen molar-refractivity contribution in [2.24, 2.45) is 0 Å². The predicted molar refractivity (Wildman–Crippen MR) is 425 cm³/mol. The third kappa shape index (κ3) is 80.1. The summed E-state index contributed by atoms with van der Waals surface area (Å²) in [6.07, 6.45) is 114. The monoisotopic (exact) mass is 1370 g/mol. The highest BCUT2D eigenvalue weighted by molar-refractivity contribution is 5.70. The molecular formula is C90H151NO8. The van der Waals surface area contributed by atoms with E-state index in [0.717, 1.165) is 122 Å². The molecule has 0 saturated heterocycles. The summed E-state index contributed by atoms with van der Waals surface area (Å²) in [6, 6.07) is 0. The number of allylic oxidation sites excluding steroid dienone is 26. The molecule has 0 aliphatic carbocycles. The standard InChI is InChI=1S/C90H151NO8/c1-6-8-10-12-14-16-18-20-22-24-26-28-30-32-34-36-38-40-41-42-43-44-45-46-47-49-51-53-55-57-59-61-63-65-67-69-71-73-75-77-79-81-88(93)99-86(85-98-90(89(94)95)96-83-82-91(3,4)5)84-97-87(92)80-78-76-74-72-70-68-66-64-62-60-58-56-54-52-50-48-39-37-35-33-31-29-27-25-23-21-19-17-15-13-11-9-7-2/h8,10,14,16,20,22,25-28,32,34,38,40,42-43,45-46,49,51,55,57,61,63,67,69,86,90H,6-7,9,11-13,15,17-19,21,23-24,29-31,33,35-37,39,41,44,47-48,50,52-54,56,58-60,62,64-66,68,70-85H2,1-5H3/b10-8-,16-14-,22-20-,27-25-,28-26-,34-32-,40-38-,43-42-,46-45-,51-49-,57-55-,63-61-,69-67-. The quantitative estimate of drug-likeness (QED) is 0.0195. The van der Waals surface area contributed by atoms with E-state index in [4.69, 9.17) is 18.9 Å². The van der Waals surface area contributed by atoms with Crippen LogP contribution < -0.4 is 5.11 Å². The van der Waals surface area contributed by atoms with Gasteiger partial charge < -0.3 is 33.3 Å². The molecule has 0 saturated carbocycles. The number of likely N-dealkylation sites (N-methyl/N-ethyl adjacent to an activating group) is 1. The number of esters is 2. The highest BCUT2D eigenvalue weighted by Crippen LogP contribution is 2.18. The molecule has 0 spiro atoms. The van der Waals surface area contributed by atoms with E-state index in [1.807, 2.05) is 21.1 Å². The van der Waals surface area contributed by atoms with Crippen molar-refractivity contribution in [3.63, 3.8) is 0 Å². The molecule has 564 valence electrons. The average Bonchev–Trinajstić information content (AvgIpc) is 2.62. The summed E-state index contributed by atoms with van der Waals surface area (Å²) in [5.41, 5.74) is 0. The molecule has 0 aliphatic heterocycles. The Morgan fingerprint density at radius 2 is 0.576 bits per heavy atom. The Bertz CT molecular complexity index is 2200. The molecule has 0 aromatic rings. The molecule has 99 heavy (non-hydrogen) atoms. The van der Waals surface area contributed by atoms with Crippen LogP contribution in [0.3, 0.4) is 0 Å². The first-order valence-electron chi connectivity index (χ1n) is 40.6. The number of quaternary nitrogens is 1. The molecule has 0 amide bonds. The summed E-state index contributed by atoms with van der Waals surface area (Å²) in [4.78, 5) is 37.6. The van der Waals surface area contributed by atoms with Crippen molar-refractivity contribution in [2.75, 3.05) is 47.5 Å². The summed E-state index contributed by atoms with van der Waals surface area (Å²) >= 11 is 0. The second-order valence-corrected chi connectivity index (χ2v) is 28.0. The van der Waals surface area contributed by atoms with Gasteiger partial charge in [-0.3, -0.25) is 9.59 Å². The molecule has 0 fully saturated rings. The average molecular weight is 1380 g/mol. The van der Waals surface area contributed by atoms with E-state index in [0.29, 0.717) is 17.4 Å². The van der Waals surface area contributed by atoms with Crippen LogP contribution in [0.4, 0.5) is 0 Å². The first-order chi connectivity index (χ1) is 48.6. The molecule has 0 bridgehead atoms. The van der Waals surface area contributed by atoms with Gasteiger partial charge in [0, 0.05) is 12.8 Å². The zero-order valence-corrected chi connectivity index (χ0v) is 64.6. The van der Waals surface area contributed by atoms with Crippen LogP contribution in [0.15, 0.2) is 158 Å². The molecule has 0 heterocycles. The number of carbonyl (C=O) groups is 3. The van der Waals surface area contributed by atoms with Gasteiger partial charge in [0.25, 0.3) is 0 Å². The third-order valence-corrected chi connectivity index (χ3v) is 17.3. The highest BCUT2D eigenvalue weighted by Gasteiger charge is 2.22. The zero-order valence-electron chi connectivity index (χ0n) is 64.6. The van der Waals surface area contributed by atoms with Gasteiger partial charge in [-0.2, -0.15) is 0 Å². The van der Waals surface area contributed by atoms with Gasteiger partial charge in [0.15, 0.2) is 12.4 Å². The van der Waals surface area contributed by atoms with Crippen molar-refractivity contribution < 1.29 is 42.9 Å². The Morgan fingerprint density at radius 1 is 0.313 bits per heavy atom. The summed E-state index contributed by atoms with van der Waals surface area (Å²) in [5.74, 6) is -2.32. The van der Waals surface area contributed by atoms with Crippen LogP contribution in [0.1, 0.15) is 335 Å².